The molecule has 1 aromatic heterocycles. The van der Waals surface area contributed by atoms with Gasteiger partial charge in [-0.3, -0.25) is 9.59 Å². The Labute approximate surface area is 149 Å². The largest absolute Gasteiger partial charge is 0.355 e. The third-order valence-electron chi connectivity index (χ3n) is 3.44. The smallest absolute Gasteiger partial charge is 0.266 e. The van der Waals surface area contributed by atoms with Gasteiger partial charge in [-0.1, -0.05) is 28.1 Å². The van der Waals surface area contributed by atoms with Crippen molar-refractivity contribution >= 4 is 21.8 Å². The van der Waals surface area contributed by atoms with Crippen LogP contribution in [0.25, 0.3) is 11.3 Å². The molecule has 1 amide bonds. The van der Waals surface area contributed by atoms with Gasteiger partial charge in [-0.15, -0.1) is 0 Å². The highest BCUT2D eigenvalue weighted by atomic mass is 79.9. The van der Waals surface area contributed by atoms with E-state index in [-0.39, 0.29) is 24.4 Å². The summed E-state index contributed by atoms with van der Waals surface area (Å²) in [7, 11) is 3.90. The zero-order valence-electron chi connectivity index (χ0n) is 13.8. The Morgan fingerprint density at radius 2 is 1.92 bits per heavy atom. The number of likely N-dealkylation sites (N-methyl/N-ethyl adjacent to an activating group) is 1. The molecule has 0 radical (unpaired) electrons. The van der Waals surface area contributed by atoms with E-state index >= 15 is 0 Å². The van der Waals surface area contributed by atoms with Gasteiger partial charge in [0, 0.05) is 35.6 Å². The number of hydrogen-bond donors (Lipinski definition) is 1. The minimum atomic E-state index is -0.211. The van der Waals surface area contributed by atoms with Gasteiger partial charge in [-0.25, -0.2) is 4.68 Å². The lowest BCUT2D eigenvalue weighted by Gasteiger charge is -2.11. The summed E-state index contributed by atoms with van der Waals surface area (Å²) < 4.78 is 2.32. The van der Waals surface area contributed by atoms with Crippen LogP contribution in [0, 0.1) is 0 Å². The number of aromatic nitrogens is 2. The number of aryl methyl sites for hydroxylation is 1. The highest BCUT2D eigenvalue weighted by molar-refractivity contribution is 9.10. The Morgan fingerprint density at radius 1 is 1.21 bits per heavy atom. The predicted molar refractivity (Wildman–Crippen MR) is 97.8 cm³/mol. The van der Waals surface area contributed by atoms with E-state index in [0.717, 1.165) is 16.6 Å². The Hall–Kier alpha value is -1.99. The van der Waals surface area contributed by atoms with Gasteiger partial charge in [-0.2, -0.15) is 5.10 Å². The van der Waals surface area contributed by atoms with Crippen LogP contribution in [0.2, 0.25) is 0 Å². The number of halogens is 1. The third-order valence-corrected chi connectivity index (χ3v) is 3.97. The molecule has 128 valence electrons. The molecule has 2 rings (SSSR count). The Balaban J connectivity index is 2.00. The van der Waals surface area contributed by atoms with Gasteiger partial charge in [0.05, 0.1) is 12.2 Å². The predicted octanol–water partition coefficient (Wildman–Crippen LogP) is 1.74. The molecule has 0 bridgehead atoms. The van der Waals surface area contributed by atoms with Gasteiger partial charge in [0.1, 0.15) is 0 Å². The molecule has 6 nitrogen and oxygen atoms in total. The van der Waals surface area contributed by atoms with Crippen molar-refractivity contribution in [3.05, 3.63) is 51.2 Å². The van der Waals surface area contributed by atoms with Crippen molar-refractivity contribution in [2.75, 3.05) is 27.2 Å². The Kier molecular flexibility index (Phi) is 6.69. The first kappa shape index (κ1) is 18.4. The lowest BCUT2D eigenvalue weighted by atomic mass is 10.1. The van der Waals surface area contributed by atoms with E-state index in [1.165, 1.54) is 10.7 Å². The SMILES string of the molecule is CN(C)CCNC(=O)CCn1nc(-c2ccc(Br)cc2)ccc1=O. The van der Waals surface area contributed by atoms with Crippen LogP contribution in [0.15, 0.2) is 45.7 Å². The molecular formula is C17H21BrN4O2. The molecule has 0 aliphatic rings. The average molecular weight is 393 g/mol. The topological polar surface area (TPSA) is 67.2 Å². The Bertz CT molecular complexity index is 741. The summed E-state index contributed by atoms with van der Waals surface area (Å²) in [6.07, 6.45) is 0.226. The van der Waals surface area contributed by atoms with Crippen LogP contribution in [0.5, 0.6) is 0 Å². The number of nitrogens with one attached hydrogen (secondary N) is 1. The summed E-state index contributed by atoms with van der Waals surface area (Å²) >= 11 is 3.39. The summed E-state index contributed by atoms with van der Waals surface area (Å²) in [6.45, 7) is 1.63. The first-order chi connectivity index (χ1) is 11.5. The summed E-state index contributed by atoms with van der Waals surface area (Å²) in [4.78, 5) is 25.7. The van der Waals surface area contributed by atoms with Crippen LogP contribution >= 0.6 is 15.9 Å². The van der Waals surface area contributed by atoms with Crippen molar-refractivity contribution in [1.29, 1.82) is 0 Å². The molecule has 2 aromatic rings. The van der Waals surface area contributed by atoms with E-state index in [9.17, 15) is 9.59 Å². The molecule has 0 saturated carbocycles. The molecule has 0 aliphatic heterocycles. The van der Waals surface area contributed by atoms with Crippen molar-refractivity contribution < 1.29 is 4.79 Å². The van der Waals surface area contributed by atoms with Crippen molar-refractivity contribution in [2.45, 2.75) is 13.0 Å². The van der Waals surface area contributed by atoms with Crippen molar-refractivity contribution in [3.63, 3.8) is 0 Å². The third kappa shape index (κ3) is 5.58. The molecule has 0 fully saturated rings. The normalized spacial score (nSPS) is 10.8. The summed E-state index contributed by atoms with van der Waals surface area (Å²) in [5.74, 6) is -0.0837. The maximum atomic E-state index is 11.9. The maximum Gasteiger partial charge on any atom is 0.266 e. The molecular weight excluding hydrogens is 372 g/mol. The van der Waals surface area contributed by atoms with E-state index in [2.05, 4.69) is 26.3 Å². The second kappa shape index (κ2) is 8.75. The molecule has 0 atom stereocenters. The molecule has 1 aromatic carbocycles. The van der Waals surface area contributed by atoms with Crippen molar-refractivity contribution in [2.24, 2.45) is 0 Å². The molecule has 0 saturated heterocycles. The zero-order valence-corrected chi connectivity index (χ0v) is 15.4. The van der Waals surface area contributed by atoms with Gasteiger partial charge >= 0.3 is 0 Å². The maximum absolute atomic E-state index is 11.9. The van der Waals surface area contributed by atoms with E-state index in [4.69, 9.17) is 0 Å². The number of carbonyl (C=O) groups excluding carboxylic acids is 1. The van der Waals surface area contributed by atoms with Crippen molar-refractivity contribution in [1.82, 2.24) is 20.0 Å². The van der Waals surface area contributed by atoms with Gasteiger partial charge < -0.3 is 10.2 Å². The summed E-state index contributed by atoms with van der Waals surface area (Å²) in [5, 5.41) is 7.18. The van der Waals surface area contributed by atoms with Crippen LogP contribution < -0.4 is 10.9 Å². The lowest BCUT2D eigenvalue weighted by molar-refractivity contribution is -0.121. The first-order valence-electron chi connectivity index (χ1n) is 7.71. The minimum Gasteiger partial charge on any atom is -0.355 e. The molecule has 0 spiro atoms. The number of hydrogen-bond acceptors (Lipinski definition) is 4. The van der Waals surface area contributed by atoms with Gasteiger partial charge in [-0.05, 0) is 32.3 Å². The highest BCUT2D eigenvalue weighted by Crippen LogP contribution is 2.18. The van der Waals surface area contributed by atoms with Crippen LogP contribution in [-0.2, 0) is 11.3 Å². The highest BCUT2D eigenvalue weighted by Gasteiger charge is 2.06. The average Bonchev–Trinajstić information content (AvgIpc) is 2.54. The molecule has 0 aliphatic carbocycles. The van der Waals surface area contributed by atoms with Crippen molar-refractivity contribution in [3.8, 4) is 11.3 Å². The molecule has 0 unspecified atom stereocenters. The fourth-order valence-corrected chi connectivity index (χ4v) is 2.36. The second-order valence-corrected chi connectivity index (χ2v) is 6.61. The number of benzene rings is 1. The van der Waals surface area contributed by atoms with Gasteiger partial charge in [0.2, 0.25) is 5.91 Å². The first-order valence-corrected chi connectivity index (χ1v) is 8.50. The monoisotopic (exact) mass is 392 g/mol. The molecule has 7 heteroatoms. The Morgan fingerprint density at radius 3 is 2.58 bits per heavy atom. The van der Waals surface area contributed by atoms with E-state index < -0.39 is 0 Å². The van der Waals surface area contributed by atoms with Gasteiger partial charge in [0.25, 0.3) is 5.56 Å². The fourth-order valence-electron chi connectivity index (χ4n) is 2.10. The molecule has 24 heavy (non-hydrogen) atoms. The fraction of sp³-hybridized carbons (Fsp3) is 0.353. The van der Waals surface area contributed by atoms with Crippen LogP contribution in [0.4, 0.5) is 0 Å². The van der Waals surface area contributed by atoms with Crippen LogP contribution in [0.3, 0.4) is 0 Å². The second-order valence-electron chi connectivity index (χ2n) is 5.69. The summed E-state index contributed by atoms with van der Waals surface area (Å²) in [6, 6.07) is 10.9. The number of carbonyl (C=O) groups is 1. The number of amides is 1. The minimum absolute atomic E-state index is 0.0837. The quantitative estimate of drug-likeness (QED) is 0.778. The van der Waals surface area contributed by atoms with Crippen LogP contribution in [0.1, 0.15) is 6.42 Å². The molecule has 1 N–H and O–H groups in total. The van der Waals surface area contributed by atoms with E-state index in [1.807, 2.05) is 43.3 Å². The number of rotatable bonds is 7. The number of nitrogens with zero attached hydrogens (tertiary/aromatic N) is 3. The summed E-state index contributed by atoms with van der Waals surface area (Å²) in [5.41, 5.74) is 1.41. The van der Waals surface area contributed by atoms with Crippen LogP contribution in [-0.4, -0.2) is 47.8 Å². The van der Waals surface area contributed by atoms with Gasteiger partial charge in [0.15, 0.2) is 0 Å². The lowest BCUT2D eigenvalue weighted by Crippen LogP contribution is -2.33. The standard InChI is InChI=1S/C17H21BrN4O2/c1-21(2)12-10-19-16(23)9-11-22-17(24)8-7-15(20-22)13-3-5-14(18)6-4-13/h3-8H,9-12H2,1-2H3,(H,19,23). The van der Waals surface area contributed by atoms with E-state index in [1.54, 1.807) is 6.07 Å². The zero-order chi connectivity index (χ0) is 17.5. The van der Waals surface area contributed by atoms with E-state index in [0.29, 0.717) is 12.2 Å². The molecule has 1 heterocycles.